The fourth-order valence-electron chi connectivity index (χ4n) is 1.44. The Labute approximate surface area is 92.1 Å². The van der Waals surface area contributed by atoms with Crippen LogP contribution in [-0.4, -0.2) is 35.1 Å². The van der Waals surface area contributed by atoms with E-state index in [1.807, 2.05) is 12.5 Å². The standard InChI is InChI=1S/C11H22N4/c1-9(2)11(12)10-7-13-8-15(10)6-5-14(3)4/h7-9,11H,5-6,12H2,1-4H3. The van der Waals surface area contributed by atoms with E-state index in [9.17, 15) is 0 Å². The first kappa shape index (κ1) is 12.2. The number of hydrogen-bond acceptors (Lipinski definition) is 3. The van der Waals surface area contributed by atoms with Crippen LogP contribution in [0.4, 0.5) is 0 Å². The minimum atomic E-state index is 0.0784. The fourth-order valence-corrected chi connectivity index (χ4v) is 1.44. The van der Waals surface area contributed by atoms with Crippen molar-refractivity contribution < 1.29 is 0 Å². The molecule has 1 aromatic heterocycles. The number of nitrogens with two attached hydrogens (primary N) is 1. The summed E-state index contributed by atoms with van der Waals surface area (Å²) in [6, 6.07) is 0.0784. The Morgan fingerprint density at radius 2 is 2.13 bits per heavy atom. The normalized spacial score (nSPS) is 13.8. The maximum Gasteiger partial charge on any atom is 0.0949 e. The molecular weight excluding hydrogens is 188 g/mol. The molecule has 1 rings (SSSR count). The van der Waals surface area contributed by atoms with Crippen molar-refractivity contribution in [1.82, 2.24) is 14.5 Å². The first-order valence-corrected chi connectivity index (χ1v) is 5.42. The highest BCUT2D eigenvalue weighted by Gasteiger charge is 2.14. The molecule has 0 radical (unpaired) electrons. The number of hydrogen-bond donors (Lipinski definition) is 1. The molecule has 0 aliphatic heterocycles. The van der Waals surface area contributed by atoms with Gasteiger partial charge in [-0.2, -0.15) is 0 Å². The fraction of sp³-hybridized carbons (Fsp3) is 0.727. The van der Waals surface area contributed by atoms with Crippen LogP contribution in [0.15, 0.2) is 12.5 Å². The van der Waals surface area contributed by atoms with Crippen molar-refractivity contribution in [3.8, 4) is 0 Å². The molecule has 15 heavy (non-hydrogen) atoms. The predicted molar refractivity (Wildman–Crippen MR) is 62.5 cm³/mol. The summed E-state index contributed by atoms with van der Waals surface area (Å²) in [6.45, 7) is 6.22. The van der Waals surface area contributed by atoms with Gasteiger partial charge < -0.3 is 15.2 Å². The van der Waals surface area contributed by atoms with Crippen molar-refractivity contribution in [2.75, 3.05) is 20.6 Å². The maximum atomic E-state index is 6.11. The van der Waals surface area contributed by atoms with Crippen LogP contribution < -0.4 is 5.73 Å². The molecule has 86 valence electrons. The predicted octanol–water partition coefficient (Wildman–Crippen LogP) is 1.10. The molecule has 0 saturated carbocycles. The lowest BCUT2D eigenvalue weighted by molar-refractivity contribution is 0.373. The zero-order valence-electron chi connectivity index (χ0n) is 10.1. The smallest absolute Gasteiger partial charge is 0.0949 e. The van der Waals surface area contributed by atoms with Crippen LogP contribution in [0, 0.1) is 5.92 Å². The molecule has 1 unspecified atom stereocenters. The van der Waals surface area contributed by atoms with Crippen molar-refractivity contribution in [2.45, 2.75) is 26.4 Å². The number of nitrogens with zero attached hydrogens (tertiary/aromatic N) is 3. The van der Waals surface area contributed by atoms with Crippen LogP contribution in [0.25, 0.3) is 0 Å². The zero-order valence-corrected chi connectivity index (χ0v) is 10.1. The van der Waals surface area contributed by atoms with Gasteiger partial charge in [-0.05, 0) is 20.0 Å². The molecule has 1 aromatic rings. The first-order valence-electron chi connectivity index (χ1n) is 5.42. The van der Waals surface area contributed by atoms with Crippen LogP contribution in [0.3, 0.4) is 0 Å². The van der Waals surface area contributed by atoms with Crippen molar-refractivity contribution in [2.24, 2.45) is 11.7 Å². The van der Waals surface area contributed by atoms with Gasteiger partial charge in [0.2, 0.25) is 0 Å². The average molecular weight is 210 g/mol. The van der Waals surface area contributed by atoms with Gasteiger partial charge in [-0.15, -0.1) is 0 Å². The summed E-state index contributed by atoms with van der Waals surface area (Å²) in [7, 11) is 4.14. The van der Waals surface area contributed by atoms with Crippen molar-refractivity contribution in [1.29, 1.82) is 0 Å². The van der Waals surface area contributed by atoms with E-state index < -0.39 is 0 Å². The van der Waals surface area contributed by atoms with Crippen molar-refractivity contribution >= 4 is 0 Å². The summed E-state index contributed by atoms with van der Waals surface area (Å²) >= 11 is 0. The van der Waals surface area contributed by atoms with Gasteiger partial charge in [0.15, 0.2) is 0 Å². The van der Waals surface area contributed by atoms with Gasteiger partial charge in [-0.1, -0.05) is 13.8 Å². The van der Waals surface area contributed by atoms with Gasteiger partial charge in [-0.3, -0.25) is 0 Å². The third kappa shape index (κ3) is 3.32. The Kier molecular flexibility index (Phi) is 4.29. The van der Waals surface area contributed by atoms with Crippen LogP contribution in [0.5, 0.6) is 0 Å². The van der Waals surface area contributed by atoms with Crippen LogP contribution in [-0.2, 0) is 6.54 Å². The summed E-state index contributed by atoms with van der Waals surface area (Å²) in [5.41, 5.74) is 7.25. The molecule has 2 N–H and O–H groups in total. The molecular formula is C11H22N4. The maximum absolute atomic E-state index is 6.11. The van der Waals surface area contributed by atoms with E-state index in [0.29, 0.717) is 5.92 Å². The molecule has 0 fully saturated rings. The van der Waals surface area contributed by atoms with Crippen molar-refractivity contribution in [3.05, 3.63) is 18.2 Å². The second-order valence-corrected chi connectivity index (χ2v) is 4.58. The van der Waals surface area contributed by atoms with Crippen LogP contribution in [0.2, 0.25) is 0 Å². The lowest BCUT2D eigenvalue weighted by Gasteiger charge is -2.19. The van der Waals surface area contributed by atoms with E-state index >= 15 is 0 Å². The van der Waals surface area contributed by atoms with E-state index in [1.54, 1.807) is 0 Å². The highest BCUT2D eigenvalue weighted by atomic mass is 15.1. The quantitative estimate of drug-likeness (QED) is 0.791. The molecule has 0 spiro atoms. The number of rotatable bonds is 5. The van der Waals surface area contributed by atoms with Gasteiger partial charge in [0.1, 0.15) is 0 Å². The summed E-state index contributed by atoms with van der Waals surface area (Å²) in [5.74, 6) is 0.444. The van der Waals surface area contributed by atoms with Crippen LogP contribution in [0.1, 0.15) is 25.6 Å². The molecule has 0 saturated heterocycles. The monoisotopic (exact) mass is 210 g/mol. The van der Waals surface area contributed by atoms with Gasteiger partial charge in [-0.25, -0.2) is 4.98 Å². The minimum absolute atomic E-state index is 0.0784. The summed E-state index contributed by atoms with van der Waals surface area (Å²) in [4.78, 5) is 6.33. The zero-order chi connectivity index (χ0) is 11.4. The third-order valence-electron chi connectivity index (χ3n) is 2.59. The average Bonchev–Trinajstić information content (AvgIpc) is 2.60. The van der Waals surface area contributed by atoms with Gasteiger partial charge in [0.25, 0.3) is 0 Å². The lowest BCUT2D eigenvalue weighted by atomic mass is 10.0. The molecule has 0 aliphatic carbocycles. The SMILES string of the molecule is CC(C)C(N)c1cncn1CCN(C)C. The first-order chi connectivity index (χ1) is 7.02. The highest BCUT2D eigenvalue weighted by molar-refractivity contribution is 5.05. The van der Waals surface area contributed by atoms with Crippen LogP contribution >= 0.6 is 0 Å². The largest absolute Gasteiger partial charge is 0.332 e. The highest BCUT2D eigenvalue weighted by Crippen LogP contribution is 2.18. The Bertz CT molecular complexity index is 291. The van der Waals surface area contributed by atoms with E-state index in [4.69, 9.17) is 5.73 Å². The van der Waals surface area contributed by atoms with Gasteiger partial charge >= 0.3 is 0 Å². The molecule has 0 bridgehead atoms. The second kappa shape index (κ2) is 5.28. The molecule has 0 amide bonds. The van der Waals surface area contributed by atoms with E-state index in [1.165, 1.54) is 0 Å². The Morgan fingerprint density at radius 3 is 2.67 bits per heavy atom. The molecule has 1 heterocycles. The molecule has 4 heteroatoms. The lowest BCUT2D eigenvalue weighted by Crippen LogP contribution is -2.24. The Balaban J connectivity index is 2.69. The van der Waals surface area contributed by atoms with Gasteiger partial charge in [0.05, 0.1) is 12.0 Å². The van der Waals surface area contributed by atoms with E-state index in [2.05, 4.69) is 42.4 Å². The van der Waals surface area contributed by atoms with E-state index in [0.717, 1.165) is 18.8 Å². The number of imidazole rings is 1. The van der Waals surface area contributed by atoms with Gasteiger partial charge in [0, 0.05) is 25.3 Å². The summed E-state index contributed by atoms with van der Waals surface area (Å²) in [5, 5.41) is 0. The number of likely N-dealkylation sites (N-methyl/N-ethyl adjacent to an activating group) is 1. The Morgan fingerprint density at radius 1 is 1.47 bits per heavy atom. The second-order valence-electron chi connectivity index (χ2n) is 4.58. The number of aromatic nitrogens is 2. The molecule has 0 aliphatic rings. The Hall–Kier alpha value is -0.870. The molecule has 0 aromatic carbocycles. The topological polar surface area (TPSA) is 47.1 Å². The van der Waals surface area contributed by atoms with Crippen molar-refractivity contribution in [3.63, 3.8) is 0 Å². The summed E-state index contributed by atoms with van der Waals surface area (Å²) < 4.78 is 2.14. The third-order valence-corrected chi connectivity index (χ3v) is 2.59. The molecule has 4 nitrogen and oxygen atoms in total. The van der Waals surface area contributed by atoms with E-state index in [-0.39, 0.29) is 6.04 Å². The summed E-state index contributed by atoms with van der Waals surface area (Å²) in [6.07, 6.45) is 3.74. The molecule has 1 atom stereocenters. The minimum Gasteiger partial charge on any atom is -0.332 e.